The molecule has 0 N–H and O–H groups in total. The summed E-state index contributed by atoms with van der Waals surface area (Å²) in [6, 6.07) is 65.3. The summed E-state index contributed by atoms with van der Waals surface area (Å²) in [5.41, 5.74) is 13.4. The van der Waals surface area contributed by atoms with Crippen molar-refractivity contribution in [3.8, 4) is 33.6 Å². The number of benzene rings is 8. The fourth-order valence-corrected chi connectivity index (χ4v) is 8.27. The van der Waals surface area contributed by atoms with E-state index in [1.807, 2.05) is 0 Å². The van der Waals surface area contributed by atoms with Crippen molar-refractivity contribution in [3.05, 3.63) is 182 Å². The number of rotatable bonds is 4. The smallest absolute Gasteiger partial charge is 0.143 e. The van der Waals surface area contributed by atoms with E-state index < -0.39 is 0 Å². The lowest BCUT2D eigenvalue weighted by atomic mass is 9.98. The van der Waals surface area contributed by atoms with Gasteiger partial charge in [0.15, 0.2) is 0 Å². The van der Waals surface area contributed by atoms with Crippen LogP contribution in [0.15, 0.2) is 186 Å². The maximum Gasteiger partial charge on any atom is 0.143 e. The Morgan fingerprint density at radius 1 is 0.294 bits per heavy atom. The zero-order chi connectivity index (χ0) is 33.5. The second-order valence-corrected chi connectivity index (χ2v) is 13.3. The van der Waals surface area contributed by atoms with Crippen molar-refractivity contribution in [2.24, 2.45) is 0 Å². The maximum atomic E-state index is 6.96. The summed E-state index contributed by atoms with van der Waals surface area (Å²) < 4.78 is 11.7. The van der Waals surface area contributed by atoms with Crippen LogP contribution >= 0.6 is 0 Å². The van der Waals surface area contributed by atoms with Gasteiger partial charge in [0, 0.05) is 54.8 Å². The first-order chi connectivity index (χ1) is 25.3. The largest absolute Gasteiger partial charge is 0.455 e. The van der Waals surface area contributed by atoms with Crippen LogP contribution in [-0.2, 0) is 0 Å². The molecule has 0 radical (unpaired) electrons. The van der Waals surface area contributed by atoms with Crippen molar-refractivity contribution in [2.75, 3.05) is 0 Å². The molecule has 3 aromatic heterocycles. The molecule has 0 bridgehead atoms. The van der Waals surface area contributed by atoms with Crippen LogP contribution in [0.3, 0.4) is 0 Å². The number of hydrogen-bond acceptors (Lipinski definition) is 1. The average molecular weight is 651 g/mol. The number of hydrogen-bond donors (Lipinski definition) is 0. The summed E-state index contributed by atoms with van der Waals surface area (Å²) in [5.74, 6) is 0. The third-order valence-corrected chi connectivity index (χ3v) is 10.5. The lowest BCUT2D eigenvalue weighted by Gasteiger charge is -2.08. The maximum absolute atomic E-state index is 6.96. The van der Waals surface area contributed by atoms with Crippen molar-refractivity contribution < 1.29 is 4.42 Å². The van der Waals surface area contributed by atoms with Gasteiger partial charge in [0.1, 0.15) is 11.2 Å². The molecule has 0 amide bonds. The van der Waals surface area contributed by atoms with Crippen LogP contribution < -0.4 is 0 Å². The molecule has 11 rings (SSSR count). The van der Waals surface area contributed by atoms with E-state index in [9.17, 15) is 0 Å². The zero-order valence-corrected chi connectivity index (χ0v) is 27.6. The van der Waals surface area contributed by atoms with Gasteiger partial charge in [0.25, 0.3) is 0 Å². The molecule has 0 unspecified atom stereocenters. The fourth-order valence-electron chi connectivity index (χ4n) is 8.27. The second-order valence-electron chi connectivity index (χ2n) is 13.3. The Morgan fingerprint density at radius 2 is 0.686 bits per heavy atom. The Morgan fingerprint density at radius 3 is 1.16 bits per heavy atom. The van der Waals surface area contributed by atoms with Crippen LogP contribution in [0.25, 0.3) is 99.2 Å². The molecule has 0 saturated carbocycles. The Balaban J connectivity index is 1.10. The predicted molar refractivity (Wildman–Crippen MR) is 213 cm³/mol. The monoisotopic (exact) mass is 650 g/mol. The van der Waals surface area contributed by atoms with Gasteiger partial charge >= 0.3 is 0 Å². The van der Waals surface area contributed by atoms with E-state index in [-0.39, 0.29) is 0 Å². The lowest BCUT2D eigenvalue weighted by molar-refractivity contribution is 0.671. The SMILES string of the molecule is c1ccc(-n2c3ccccc3c3cc(-c4cccc5c4oc4c(-c6ccc7c(c6)c6ccccc6n7-c6ccccc6)cccc45)ccc32)cc1. The van der Waals surface area contributed by atoms with Gasteiger partial charge < -0.3 is 13.6 Å². The zero-order valence-electron chi connectivity index (χ0n) is 27.6. The van der Waals surface area contributed by atoms with E-state index >= 15 is 0 Å². The van der Waals surface area contributed by atoms with Gasteiger partial charge in [-0.25, -0.2) is 0 Å². The van der Waals surface area contributed by atoms with Gasteiger partial charge in [-0.05, 0) is 71.8 Å². The number of para-hydroxylation sites is 6. The molecule has 0 saturated heterocycles. The van der Waals surface area contributed by atoms with E-state index in [1.165, 1.54) is 43.6 Å². The fraction of sp³-hybridized carbons (Fsp3) is 0. The molecule has 8 aromatic carbocycles. The molecule has 0 aliphatic carbocycles. The normalized spacial score (nSPS) is 11.9. The van der Waals surface area contributed by atoms with Crippen LogP contribution in [0.5, 0.6) is 0 Å². The molecule has 238 valence electrons. The highest BCUT2D eigenvalue weighted by atomic mass is 16.3. The van der Waals surface area contributed by atoms with E-state index in [2.05, 4.69) is 191 Å². The van der Waals surface area contributed by atoms with Crippen molar-refractivity contribution in [1.29, 1.82) is 0 Å². The minimum absolute atomic E-state index is 0.910. The molecule has 0 spiro atoms. The molecule has 51 heavy (non-hydrogen) atoms. The van der Waals surface area contributed by atoms with Crippen molar-refractivity contribution in [1.82, 2.24) is 9.13 Å². The van der Waals surface area contributed by atoms with Gasteiger partial charge in [0.2, 0.25) is 0 Å². The number of nitrogens with zero attached hydrogens (tertiary/aromatic N) is 2. The summed E-state index contributed by atoms with van der Waals surface area (Å²) in [6.07, 6.45) is 0. The van der Waals surface area contributed by atoms with Gasteiger partial charge in [-0.2, -0.15) is 0 Å². The molecule has 11 aromatic rings. The topological polar surface area (TPSA) is 23.0 Å². The molecule has 0 aliphatic heterocycles. The van der Waals surface area contributed by atoms with Gasteiger partial charge in [-0.1, -0.05) is 121 Å². The van der Waals surface area contributed by atoms with Crippen LogP contribution in [0.4, 0.5) is 0 Å². The molecule has 0 atom stereocenters. The van der Waals surface area contributed by atoms with E-state index in [1.54, 1.807) is 0 Å². The van der Waals surface area contributed by atoms with E-state index in [0.717, 1.165) is 55.6 Å². The first-order valence-corrected chi connectivity index (χ1v) is 17.4. The van der Waals surface area contributed by atoms with Crippen molar-refractivity contribution in [2.45, 2.75) is 0 Å². The molecule has 3 nitrogen and oxygen atoms in total. The van der Waals surface area contributed by atoms with Crippen LogP contribution in [0.2, 0.25) is 0 Å². The van der Waals surface area contributed by atoms with Crippen LogP contribution in [0, 0.1) is 0 Å². The van der Waals surface area contributed by atoms with Crippen molar-refractivity contribution in [3.63, 3.8) is 0 Å². The van der Waals surface area contributed by atoms with Crippen LogP contribution in [-0.4, -0.2) is 9.13 Å². The second kappa shape index (κ2) is 10.8. The minimum Gasteiger partial charge on any atom is -0.455 e. The Labute approximate surface area is 293 Å². The van der Waals surface area contributed by atoms with E-state index in [0.29, 0.717) is 0 Å². The lowest BCUT2D eigenvalue weighted by Crippen LogP contribution is -1.92. The Kier molecular flexibility index (Phi) is 5.96. The summed E-state index contributed by atoms with van der Waals surface area (Å²) in [6.45, 7) is 0. The van der Waals surface area contributed by atoms with Crippen LogP contribution in [0.1, 0.15) is 0 Å². The highest BCUT2D eigenvalue weighted by Crippen LogP contribution is 2.43. The molecule has 3 heterocycles. The first kappa shape index (κ1) is 28.0. The Bertz CT molecular complexity index is 2910. The van der Waals surface area contributed by atoms with Gasteiger partial charge in [0.05, 0.1) is 22.1 Å². The quantitative estimate of drug-likeness (QED) is 0.186. The number of furan rings is 1. The third kappa shape index (κ3) is 4.12. The van der Waals surface area contributed by atoms with E-state index in [4.69, 9.17) is 4.42 Å². The summed E-state index contributed by atoms with van der Waals surface area (Å²) in [4.78, 5) is 0. The molecule has 0 fully saturated rings. The highest BCUT2D eigenvalue weighted by Gasteiger charge is 2.19. The van der Waals surface area contributed by atoms with Gasteiger partial charge in [-0.3, -0.25) is 0 Å². The highest BCUT2D eigenvalue weighted by molar-refractivity contribution is 6.16. The Hall–Kier alpha value is -6.84. The molecule has 3 heteroatoms. The minimum atomic E-state index is 0.910. The molecular weight excluding hydrogens is 621 g/mol. The molecule has 0 aliphatic rings. The standard InChI is InChI=1S/C48H30N2O/c1-3-13-33(14-4-1)49-43-23-9-7-17-37(43)41-29-31(25-27-45(41)49)35-19-11-21-39-40-22-12-20-36(48(40)51-47(35)39)32-26-28-46-42(30-32)38-18-8-10-24-44(38)50(46)34-15-5-2-6-16-34/h1-30H. The summed E-state index contributed by atoms with van der Waals surface area (Å²) in [7, 11) is 0. The average Bonchev–Trinajstić information content (AvgIpc) is 3.86. The predicted octanol–water partition coefficient (Wildman–Crippen LogP) is 13.1. The summed E-state index contributed by atoms with van der Waals surface area (Å²) in [5, 5.41) is 7.17. The molecular formula is C48H30N2O. The van der Waals surface area contributed by atoms with Gasteiger partial charge in [-0.15, -0.1) is 0 Å². The first-order valence-electron chi connectivity index (χ1n) is 17.4. The number of aromatic nitrogens is 2. The number of fused-ring (bicyclic) bond motifs is 9. The third-order valence-electron chi connectivity index (χ3n) is 10.5. The van der Waals surface area contributed by atoms with Crippen molar-refractivity contribution >= 4 is 65.6 Å². The summed E-state index contributed by atoms with van der Waals surface area (Å²) >= 11 is 0.